The van der Waals surface area contributed by atoms with E-state index in [0.717, 1.165) is 36.6 Å². The van der Waals surface area contributed by atoms with Gasteiger partial charge in [-0.05, 0) is 19.3 Å². The van der Waals surface area contributed by atoms with Gasteiger partial charge in [0.15, 0.2) is 0 Å². The lowest BCUT2D eigenvalue weighted by molar-refractivity contribution is -0.124. The second-order valence-electron chi connectivity index (χ2n) is 3.50. The number of alkyl halides is 1. The van der Waals surface area contributed by atoms with Crippen LogP contribution in [0.3, 0.4) is 0 Å². The highest BCUT2D eigenvalue weighted by atomic mass is 79.9. The van der Waals surface area contributed by atoms with Crippen molar-refractivity contribution in [1.82, 2.24) is 0 Å². The van der Waals surface area contributed by atoms with Crippen LogP contribution in [0.25, 0.3) is 0 Å². The molecule has 0 spiro atoms. The van der Waals surface area contributed by atoms with Crippen molar-refractivity contribution in [2.75, 3.05) is 5.33 Å². The molecule has 68 valence electrons. The van der Waals surface area contributed by atoms with E-state index in [9.17, 15) is 4.79 Å². The maximum atomic E-state index is 11.4. The van der Waals surface area contributed by atoms with Gasteiger partial charge in [0.2, 0.25) is 0 Å². The molecular weight excluding hydrogens is 216 g/mol. The quantitative estimate of drug-likeness (QED) is 0.538. The van der Waals surface area contributed by atoms with Crippen molar-refractivity contribution in [3.05, 3.63) is 12.2 Å². The van der Waals surface area contributed by atoms with Gasteiger partial charge in [-0.1, -0.05) is 34.5 Å². The molecule has 0 aromatic rings. The molecule has 1 unspecified atom stereocenters. The predicted octanol–water partition coefficient (Wildman–Crippen LogP) is 3.09. The number of carbonyl (C=O) groups is 1. The van der Waals surface area contributed by atoms with Crippen LogP contribution in [0.2, 0.25) is 0 Å². The standard InChI is InChI=1S/C10H15BrO/c1-8(7-11)6-9-4-2-3-5-10(9)12/h9H,1-7H2. The molecule has 0 heterocycles. The molecule has 0 aromatic carbocycles. The summed E-state index contributed by atoms with van der Waals surface area (Å²) in [5.41, 5.74) is 1.15. The minimum atomic E-state index is 0.281. The first kappa shape index (κ1) is 9.97. The number of Topliss-reactive ketones (excluding diaryl/α,β-unsaturated/α-hetero) is 1. The van der Waals surface area contributed by atoms with Crippen LogP contribution in [0.15, 0.2) is 12.2 Å². The Bertz CT molecular complexity index is 186. The highest BCUT2D eigenvalue weighted by Crippen LogP contribution is 2.26. The van der Waals surface area contributed by atoms with Crippen molar-refractivity contribution in [1.29, 1.82) is 0 Å². The fraction of sp³-hybridized carbons (Fsp3) is 0.700. The van der Waals surface area contributed by atoms with E-state index in [1.807, 2.05) is 0 Å². The average molecular weight is 231 g/mol. The van der Waals surface area contributed by atoms with Crippen molar-refractivity contribution in [2.45, 2.75) is 32.1 Å². The largest absolute Gasteiger partial charge is 0.299 e. The van der Waals surface area contributed by atoms with E-state index in [1.165, 1.54) is 6.42 Å². The molecule has 0 N–H and O–H groups in total. The smallest absolute Gasteiger partial charge is 0.136 e. The normalized spacial score (nSPS) is 24.1. The van der Waals surface area contributed by atoms with Gasteiger partial charge in [0.25, 0.3) is 0 Å². The summed E-state index contributed by atoms with van der Waals surface area (Å²) < 4.78 is 0. The Balaban J connectivity index is 2.39. The van der Waals surface area contributed by atoms with E-state index >= 15 is 0 Å². The summed E-state index contributed by atoms with van der Waals surface area (Å²) in [6.07, 6.45) is 5.07. The molecular formula is C10H15BrO. The van der Waals surface area contributed by atoms with Gasteiger partial charge in [-0.3, -0.25) is 4.79 Å². The Morgan fingerprint density at radius 2 is 2.33 bits per heavy atom. The molecule has 0 aliphatic heterocycles. The summed E-state index contributed by atoms with van der Waals surface area (Å²) in [4.78, 5) is 11.4. The first-order valence-electron chi connectivity index (χ1n) is 4.49. The second-order valence-corrected chi connectivity index (χ2v) is 4.06. The molecule has 0 saturated heterocycles. The lowest BCUT2D eigenvalue weighted by Gasteiger charge is -2.20. The highest BCUT2D eigenvalue weighted by Gasteiger charge is 2.21. The number of halogens is 1. The Kier molecular flexibility index (Phi) is 3.99. The average Bonchev–Trinajstić information content (AvgIpc) is 2.09. The van der Waals surface area contributed by atoms with Gasteiger partial charge in [-0.2, -0.15) is 0 Å². The zero-order valence-corrected chi connectivity index (χ0v) is 8.90. The molecule has 1 aliphatic carbocycles. The van der Waals surface area contributed by atoms with Gasteiger partial charge in [-0.25, -0.2) is 0 Å². The topological polar surface area (TPSA) is 17.1 Å². The summed E-state index contributed by atoms with van der Waals surface area (Å²) in [5, 5.41) is 0.830. The minimum Gasteiger partial charge on any atom is -0.299 e. The summed E-state index contributed by atoms with van der Waals surface area (Å²) in [6.45, 7) is 3.90. The zero-order valence-electron chi connectivity index (χ0n) is 7.31. The third kappa shape index (κ3) is 2.74. The van der Waals surface area contributed by atoms with Gasteiger partial charge in [0.05, 0.1) is 0 Å². The number of hydrogen-bond acceptors (Lipinski definition) is 1. The Morgan fingerprint density at radius 3 is 2.92 bits per heavy atom. The summed E-state index contributed by atoms with van der Waals surface area (Å²) >= 11 is 3.35. The Hall–Kier alpha value is -0.110. The fourth-order valence-electron chi connectivity index (χ4n) is 1.67. The number of carbonyl (C=O) groups excluding carboxylic acids is 1. The molecule has 0 bridgehead atoms. The van der Waals surface area contributed by atoms with Gasteiger partial charge >= 0.3 is 0 Å². The summed E-state index contributed by atoms with van der Waals surface area (Å²) in [7, 11) is 0. The number of ketones is 1. The van der Waals surface area contributed by atoms with Gasteiger partial charge in [-0.15, -0.1) is 0 Å². The van der Waals surface area contributed by atoms with Crippen LogP contribution in [-0.2, 0) is 4.79 Å². The van der Waals surface area contributed by atoms with E-state index in [2.05, 4.69) is 22.5 Å². The van der Waals surface area contributed by atoms with E-state index < -0.39 is 0 Å². The Labute approximate surface area is 82.4 Å². The third-order valence-electron chi connectivity index (χ3n) is 2.41. The van der Waals surface area contributed by atoms with Crippen molar-refractivity contribution >= 4 is 21.7 Å². The van der Waals surface area contributed by atoms with Crippen molar-refractivity contribution in [2.24, 2.45) is 5.92 Å². The monoisotopic (exact) mass is 230 g/mol. The highest BCUT2D eigenvalue weighted by molar-refractivity contribution is 9.09. The lowest BCUT2D eigenvalue weighted by Crippen LogP contribution is -2.19. The van der Waals surface area contributed by atoms with E-state index in [4.69, 9.17) is 0 Å². The SMILES string of the molecule is C=C(CBr)CC1CCCCC1=O. The molecule has 12 heavy (non-hydrogen) atoms. The van der Waals surface area contributed by atoms with Crippen molar-refractivity contribution in [3.63, 3.8) is 0 Å². The van der Waals surface area contributed by atoms with E-state index in [0.29, 0.717) is 5.78 Å². The summed E-state index contributed by atoms with van der Waals surface area (Å²) in [5.74, 6) is 0.729. The van der Waals surface area contributed by atoms with Crippen molar-refractivity contribution < 1.29 is 4.79 Å². The van der Waals surface area contributed by atoms with Crippen LogP contribution < -0.4 is 0 Å². The number of rotatable bonds is 3. The lowest BCUT2D eigenvalue weighted by atomic mass is 9.84. The minimum absolute atomic E-state index is 0.281. The molecule has 0 aromatic heterocycles. The first-order valence-corrected chi connectivity index (χ1v) is 5.61. The molecule has 1 saturated carbocycles. The molecule has 1 rings (SSSR count). The zero-order chi connectivity index (χ0) is 8.97. The van der Waals surface area contributed by atoms with Crippen LogP contribution in [-0.4, -0.2) is 11.1 Å². The van der Waals surface area contributed by atoms with E-state index in [1.54, 1.807) is 0 Å². The Morgan fingerprint density at radius 1 is 1.58 bits per heavy atom. The molecule has 1 atom stereocenters. The van der Waals surface area contributed by atoms with Crippen LogP contribution >= 0.6 is 15.9 Å². The number of allylic oxidation sites excluding steroid dienone is 1. The van der Waals surface area contributed by atoms with Crippen LogP contribution in [0.4, 0.5) is 0 Å². The van der Waals surface area contributed by atoms with Crippen LogP contribution in [0, 0.1) is 5.92 Å². The van der Waals surface area contributed by atoms with Gasteiger partial charge in [0.1, 0.15) is 5.78 Å². The number of hydrogen-bond donors (Lipinski definition) is 0. The molecule has 1 fully saturated rings. The van der Waals surface area contributed by atoms with Crippen LogP contribution in [0.5, 0.6) is 0 Å². The van der Waals surface area contributed by atoms with Crippen LogP contribution in [0.1, 0.15) is 32.1 Å². The molecule has 0 amide bonds. The molecule has 0 radical (unpaired) electrons. The second kappa shape index (κ2) is 4.80. The fourth-order valence-corrected chi connectivity index (χ4v) is 1.90. The first-order chi connectivity index (χ1) is 5.74. The van der Waals surface area contributed by atoms with E-state index in [-0.39, 0.29) is 5.92 Å². The molecule has 1 nitrogen and oxygen atoms in total. The maximum absolute atomic E-state index is 11.4. The van der Waals surface area contributed by atoms with Crippen molar-refractivity contribution in [3.8, 4) is 0 Å². The predicted molar refractivity (Wildman–Crippen MR) is 54.5 cm³/mol. The third-order valence-corrected chi connectivity index (χ3v) is 3.20. The molecule has 2 heteroatoms. The van der Waals surface area contributed by atoms with Gasteiger partial charge in [0, 0.05) is 17.7 Å². The summed E-state index contributed by atoms with van der Waals surface area (Å²) in [6, 6.07) is 0. The van der Waals surface area contributed by atoms with Gasteiger partial charge < -0.3 is 0 Å². The maximum Gasteiger partial charge on any atom is 0.136 e. The molecule has 1 aliphatic rings.